The summed E-state index contributed by atoms with van der Waals surface area (Å²) < 4.78 is 0. The Morgan fingerprint density at radius 1 is 1.07 bits per heavy atom. The van der Waals surface area contributed by atoms with E-state index in [-0.39, 0.29) is 0 Å². The van der Waals surface area contributed by atoms with Gasteiger partial charge < -0.3 is 5.73 Å². The van der Waals surface area contributed by atoms with Crippen molar-refractivity contribution >= 4 is 0 Å². The maximum atomic E-state index is 6.21. The van der Waals surface area contributed by atoms with Gasteiger partial charge in [0, 0.05) is 6.04 Å². The summed E-state index contributed by atoms with van der Waals surface area (Å²) in [6.07, 6.45) is 12.4. The molecule has 1 aliphatic rings. The van der Waals surface area contributed by atoms with Crippen LogP contribution >= 0.6 is 0 Å². The molecule has 2 N–H and O–H groups in total. The third-order valence-electron chi connectivity index (χ3n) is 4.16. The maximum Gasteiger partial charge on any atom is 0.00673 e. The molecule has 0 aromatic heterocycles. The van der Waals surface area contributed by atoms with Gasteiger partial charge in [0.25, 0.3) is 0 Å². The minimum Gasteiger partial charge on any atom is -0.327 e. The van der Waals surface area contributed by atoms with Crippen LogP contribution in [0.1, 0.15) is 71.6 Å². The average molecular weight is 211 g/mol. The lowest BCUT2D eigenvalue weighted by Crippen LogP contribution is -2.36. The molecule has 0 saturated heterocycles. The summed E-state index contributed by atoms with van der Waals surface area (Å²) in [6.45, 7) is 4.61. The van der Waals surface area contributed by atoms with E-state index in [0.29, 0.717) is 6.04 Å². The predicted octanol–water partition coefficient (Wildman–Crippen LogP) is 4.11. The van der Waals surface area contributed by atoms with Crippen molar-refractivity contribution in [2.45, 2.75) is 77.7 Å². The molecule has 1 rings (SSSR count). The van der Waals surface area contributed by atoms with Crippen molar-refractivity contribution in [2.24, 2.45) is 17.6 Å². The molecule has 1 nitrogen and oxygen atoms in total. The van der Waals surface area contributed by atoms with Gasteiger partial charge in [-0.3, -0.25) is 0 Å². The highest BCUT2D eigenvalue weighted by Gasteiger charge is 2.26. The summed E-state index contributed by atoms with van der Waals surface area (Å²) in [4.78, 5) is 0. The van der Waals surface area contributed by atoms with Gasteiger partial charge in [0.05, 0.1) is 0 Å². The van der Waals surface area contributed by atoms with Crippen LogP contribution in [0.2, 0.25) is 0 Å². The topological polar surface area (TPSA) is 26.0 Å². The first kappa shape index (κ1) is 13.0. The lowest BCUT2D eigenvalue weighted by atomic mass is 9.75. The summed E-state index contributed by atoms with van der Waals surface area (Å²) in [5.74, 6) is 1.81. The van der Waals surface area contributed by atoms with Crippen LogP contribution in [0.3, 0.4) is 0 Å². The van der Waals surface area contributed by atoms with Crippen molar-refractivity contribution in [3.05, 3.63) is 0 Å². The Morgan fingerprint density at radius 2 is 1.87 bits per heavy atom. The minimum atomic E-state index is 0.509. The van der Waals surface area contributed by atoms with Crippen LogP contribution in [0.25, 0.3) is 0 Å². The monoisotopic (exact) mass is 211 g/mol. The molecule has 0 aromatic rings. The van der Waals surface area contributed by atoms with Crippen molar-refractivity contribution in [3.63, 3.8) is 0 Å². The van der Waals surface area contributed by atoms with E-state index in [4.69, 9.17) is 5.73 Å². The minimum absolute atomic E-state index is 0.509. The second-order valence-electron chi connectivity index (χ2n) is 5.36. The second kappa shape index (κ2) is 7.27. The van der Waals surface area contributed by atoms with Crippen molar-refractivity contribution < 1.29 is 0 Å². The van der Waals surface area contributed by atoms with Crippen LogP contribution in [0.15, 0.2) is 0 Å². The first-order valence-electron chi connectivity index (χ1n) is 7.03. The maximum absolute atomic E-state index is 6.21. The third-order valence-corrected chi connectivity index (χ3v) is 4.16. The van der Waals surface area contributed by atoms with E-state index in [2.05, 4.69) is 13.8 Å². The Bertz CT molecular complexity index is 155. The molecule has 1 saturated carbocycles. The molecule has 1 heteroatoms. The predicted molar refractivity (Wildman–Crippen MR) is 67.9 cm³/mol. The Morgan fingerprint density at radius 3 is 2.53 bits per heavy atom. The van der Waals surface area contributed by atoms with Crippen LogP contribution < -0.4 is 5.73 Å². The van der Waals surface area contributed by atoms with Crippen molar-refractivity contribution in [1.82, 2.24) is 0 Å². The SMILES string of the molecule is CCCCCCC1CC(CC)CCC1N. The van der Waals surface area contributed by atoms with Gasteiger partial charge >= 0.3 is 0 Å². The van der Waals surface area contributed by atoms with E-state index in [9.17, 15) is 0 Å². The zero-order chi connectivity index (χ0) is 11.1. The number of rotatable bonds is 6. The van der Waals surface area contributed by atoms with Gasteiger partial charge in [0.1, 0.15) is 0 Å². The van der Waals surface area contributed by atoms with E-state index in [1.807, 2.05) is 0 Å². The Hall–Kier alpha value is -0.0400. The molecule has 1 aliphatic carbocycles. The third kappa shape index (κ3) is 4.55. The number of nitrogens with two attached hydrogens (primary N) is 1. The van der Waals surface area contributed by atoms with Crippen LogP contribution in [0.5, 0.6) is 0 Å². The average Bonchev–Trinajstić information content (AvgIpc) is 2.26. The second-order valence-corrected chi connectivity index (χ2v) is 5.36. The van der Waals surface area contributed by atoms with Gasteiger partial charge in [-0.15, -0.1) is 0 Å². The fourth-order valence-corrected chi connectivity index (χ4v) is 2.92. The van der Waals surface area contributed by atoms with Gasteiger partial charge in [-0.1, -0.05) is 46.0 Å². The van der Waals surface area contributed by atoms with E-state index in [0.717, 1.165) is 11.8 Å². The molecule has 0 spiro atoms. The van der Waals surface area contributed by atoms with Crippen molar-refractivity contribution in [2.75, 3.05) is 0 Å². The zero-order valence-corrected chi connectivity index (χ0v) is 10.7. The van der Waals surface area contributed by atoms with Gasteiger partial charge in [-0.25, -0.2) is 0 Å². The van der Waals surface area contributed by atoms with Crippen LogP contribution in [-0.4, -0.2) is 6.04 Å². The van der Waals surface area contributed by atoms with E-state index in [1.54, 1.807) is 0 Å². The van der Waals surface area contributed by atoms with Gasteiger partial charge in [0.2, 0.25) is 0 Å². The first-order chi connectivity index (χ1) is 7.27. The highest BCUT2D eigenvalue weighted by Crippen LogP contribution is 2.33. The molecular formula is C14H29N. The Balaban J connectivity index is 2.19. The van der Waals surface area contributed by atoms with E-state index >= 15 is 0 Å². The molecule has 0 aliphatic heterocycles. The van der Waals surface area contributed by atoms with Gasteiger partial charge in [-0.05, 0) is 37.5 Å². The lowest BCUT2D eigenvalue weighted by molar-refractivity contribution is 0.213. The summed E-state index contributed by atoms with van der Waals surface area (Å²) in [6, 6.07) is 0.509. The van der Waals surface area contributed by atoms with Crippen LogP contribution in [0.4, 0.5) is 0 Å². The largest absolute Gasteiger partial charge is 0.327 e. The van der Waals surface area contributed by atoms with Crippen LogP contribution in [-0.2, 0) is 0 Å². The fraction of sp³-hybridized carbons (Fsp3) is 1.00. The summed E-state index contributed by atoms with van der Waals surface area (Å²) >= 11 is 0. The fourth-order valence-electron chi connectivity index (χ4n) is 2.92. The van der Waals surface area contributed by atoms with Crippen molar-refractivity contribution in [3.8, 4) is 0 Å². The smallest absolute Gasteiger partial charge is 0.00673 e. The first-order valence-corrected chi connectivity index (χ1v) is 7.03. The summed E-state index contributed by atoms with van der Waals surface area (Å²) in [7, 11) is 0. The molecule has 90 valence electrons. The zero-order valence-electron chi connectivity index (χ0n) is 10.7. The highest BCUT2D eigenvalue weighted by molar-refractivity contribution is 4.81. The number of unbranched alkanes of at least 4 members (excludes halogenated alkanes) is 3. The lowest BCUT2D eigenvalue weighted by Gasteiger charge is -2.33. The molecule has 0 aromatic carbocycles. The molecule has 0 radical (unpaired) electrons. The molecule has 15 heavy (non-hydrogen) atoms. The molecule has 0 amide bonds. The van der Waals surface area contributed by atoms with E-state index < -0.39 is 0 Å². The highest BCUT2D eigenvalue weighted by atomic mass is 14.7. The Labute approximate surface area is 95.8 Å². The normalized spacial score (nSPS) is 31.8. The van der Waals surface area contributed by atoms with E-state index in [1.165, 1.54) is 57.8 Å². The molecule has 0 bridgehead atoms. The molecule has 0 heterocycles. The summed E-state index contributed by atoms with van der Waals surface area (Å²) in [5.41, 5.74) is 6.21. The van der Waals surface area contributed by atoms with Crippen molar-refractivity contribution in [1.29, 1.82) is 0 Å². The van der Waals surface area contributed by atoms with Gasteiger partial charge in [-0.2, -0.15) is 0 Å². The summed E-state index contributed by atoms with van der Waals surface area (Å²) in [5, 5.41) is 0. The molecule has 3 atom stereocenters. The standard InChI is InChI=1S/C14H29N/c1-3-5-6-7-8-13-11-12(4-2)9-10-14(13)15/h12-14H,3-11,15H2,1-2H3. The number of hydrogen-bond donors (Lipinski definition) is 1. The molecule has 3 unspecified atom stereocenters. The number of hydrogen-bond acceptors (Lipinski definition) is 1. The molecule has 1 fully saturated rings. The Kier molecular flexibility index (Phi) is 6.31. The quantitative estimate of drug-likeness (QED) is 0.657. The van der Waals surface area contributed by atoms with Gasteiger partial charge in [0.15, 0.2) is 0 Å². The van der Waals surface area contributed by atoms with Crippen LogP contribution in [0, 0.1) is 11.8 Å². The molecular weight excluding hydrogens is 182 g/mol.